The number of anilines is 2. The van der Waals surface area contributed by atoms with Crippen LogP contribution in [0, 0.1) is 0 Å². The lowest BCUT2D eigenvalue weighted by molar-refractivity contribution is -0.0602. The van der Waals surface area contributed by atoms with Gasteiger partial charge in [0, 0.05) is 21.6 Å². The quantitative estimate of drug-likeness (QED) is 0.0666. The molecule has 228 valence electrons. The smallest absolute Gasteiger partial charge is 0.353 e. The first kappa shape index (κ1) is 30.1. The fourth-order valence-electron chi connectivity index (χ4n) is 4.31. The zero-order valence-electron chi connectivity index (χ0n) is 21.7. The number of aromatic nitrogens is 8. The van der Waals surface area contributed by atoms with Crippen LogP contribution in [0.25, 0.3) is 22.3 Å². The number of imidazole rings is 2. The van der Waals surface area contributed by atoms with E-state index < -0.39 is 49.7 Å². The highest BCUT2D eigenvalue weighted by Crippen LogP contribution is 2.42. The average molecular weight is 630 g/mol. The molecule has 4 aromatic heterocycles. The number of hydrogen-bond acceptors (Lipinski definition) is 15. The Morgan fingerprint density at radius 3 is 2.52 bits per heavy atom. The summed E-state index contributed by atoms with van der Waals surface area (Å²) in [5, 5.41) is 19.5. The van der Waals surface area contributed by atoms with Crippen molar-refractivity contribution in [1.29, 1.82) is 0 Å². The lowest BCUT2D eigenvalue weighted by Crippen LogP contribution is -2.23. The third kappa shape index (κ3) is 6.51. The number of aromatic amines is 2. The van der Waals surface area contributed by atoms with Gasteiger partial charge in [-0.3, -0.25) is 33.3 Å². The molecule has 0 spiro atoms. The summed E-state index contributed by atoms with van der Waals surface area (Å²) in [5.41, 5.74) is 10.6. The van der Waals surface area contributed by atoms with E-state index in [0.29, 0.717) is 0 Å². The molecule has 4 aromatic rings. The van der Waals surface area contributed by atoms with Crippen LogP contribution in [0.5, 0.6) is 0 Å². The lowest BCUT2D eigenvalue weighted by Gasteiger charge is -2.21. The maximum Gasteiger partial charge on any atom is 0.353 e. The number of fused-ring (bicyclic) bond motifs is 2. The van der Waals surface area contributed by atoms with Crippen LogP contribution >= 0.6 is 16.4 Å². The normalized spacial score (nSPS) is 21.5. The largest absolute Gasteiger partial charge is 0.384 e. The Labute approximate surface area is 236 Å². The van der Waals surface area contributed by atoms with Crippen LogP contribution < -0.4 is 22.6 Å². The Kier molecular flexibility index (Phi) is 8.97. The second-order valence-corrected chi connectivity index (χ2v) is 11.8. The van der Waals surface area contributed by atoms with E-state index in [-0.39, 0.29) is 75.4 Å². The summed E-state index contributed by atoms with van der Waals surface area (Å²) in [5.74, 6) is -0.228. The van der Waals surface area contributed by atoms with Crippen molar-refractivity contribution in [2.45, 2.75) is 37.5 Å². The van der Waals surface area contributed by atoms with Gasteiger partial charge in [-0.2, -0.15) is 9.97 Å². The van der Waals surface area contributed by atoms with E-state index in [9.17, 15) is 24.2 Å². The number of aliphatic hydroxyl groups is 2. The number of ether oxygens (including phenoxy) is 2. The predicted molar refractivity (Wildman–Crippen MR) is 146 cm³/mol. The minimum absolute atomic E-state index is 0.0309. The molecule has 0 aliphatic carbocycles. The minimum Gasteiger partial charge on any atom is -0.384 e. The Bertz CT molecular complexity index is 1720. The van der Waals surface area contributed by atoms with Crippen molar-refractivity contribution in [2.75, 3.05) is 37.4 Å². The van der Waals surface area contributed by atoms with Crippen molar-refractivity contribution in [3.05, 3.63) is 33.4 Å². The minimum atomic E-state index is -4.19. The van der Waals surface area contributed by atoms with E-state index in [0.717, 1.165) is 0 Å². The number of nitrogen functional groups attached to an aromatic ring is 2. The molecule has 1 saturated heterocycles. The molecule has 22 heteroatoms. The monoisotopic (exact) mass is 630 g/mol. The molecule has 42 heavy (non-hydrogen) atoms. The van der Waals surface area contributed by atoms with Gasteiger partial charge in [0.15, 0.2) is 28.6 Å². The molecule has 5 rings (SSSR count). The van der Waals surface area contributed by atoms with Gasteiger partial charge in [-0.15, -0.1) is 0 Å². The number of H-pyrrole nitrogens is 2. The highest BCUT2D eigenvalue weighted by Gasteiger charge is 2.39. The Morgan fingerprint density at radius 2 is 1.81 bits per heavy atom. The van der Waals surface area contributed by atoms with E-state index in [1.165, 1.54) is 21.8 Å². The van der Waals surface area contributed by atoms with Gasteiger partial charge >= 0.3 is 7.60 Å². The molecule has 0 aromatic carbocycles. The maximum atomic E-state index is 12.2. The molecule has 9 N–H and O–H groups in total. The molecule has 0 bridgehead atoms. The third-order valence-corrected chi connectivity index (χ3v) is 7.82. The molecule has 1 aliphatic rings. The van der Waals surface area contributed by atoms with Crippen molar-refractivity contribution >= 4 is 50.6 Å². The molecule has 0 saturated carbocycles. The topological polar surface area (TPSA) is 294 Å². The summed E-state index contributed by atoms with van der Waals surface area (Å²) < 4.78 is 37.1. The Balaban J connectivity index is 1.19. The summed E-state index contributed by atoms with van der Waals surface area (Å²) in [6.45, 7) is -0.174. The van der Waals surface area contributed by atoms with Crippen molar-refractivity contribution in [1.82, 2.24) is 39.0 Å². The standard InChI is InChI=1S/C20H28N10O10P2/c21-19-25-14-12(16(33)27-19)23-5-29(14)11(32)1-2-38-41-8-37-10-3-9(4-39-42(35,36)7-31)40-18(10)30-6-24-13-15(30)26-20(22)28-17(13)34/h5-6,9-11,18,31-32,41H,1-4,7-8H2,(H,35,36)(H3,21,25,27,33)(H3,22,26,28,34)/t9?,10-,11?,18?/m0/s1. The highest BCUT2D eigenvalue weighted by atomic mass is 31.2. The molecule has 5 heterocycles. The summed E-state index contributed by atoms with van der Waals surface area (Å²) in [6, 6.07) is 0. The first-order valence-corrected chi connectivity index (χ1v) is 15.3. The van der Waals surface area contributed by atoms with Crippen molar-refractivity contribution in [3.63, 3.8) is 0 Å². The zero-order valence-corrected chi connectivity index (χ0v) is 23.6. The fourth-order valence-corrected chi connectivity index (χ4v) is 5.42. The zero-order chi connectivity index (χ0) is 30.0. The molecule has 20 nitrogen and oxygen atoms in total. The molecule has 0 radical (unpaired) electrons. The fraction of sp³-hybridized carbons (Fsp3) is 0.500. The van der Waals surface area contributed by atoms with Gasteiger partial charge in [0.05, 0.1) is 38.3 Å². The number of aliphatic hydroxyl groups excluding tert-OH is 2. The van der Waals surface area contributed by atoms with Crippen LogP contribution in [0.1, 0.15) is 25.3 Å². The van der Waals surface area contributed by atoms with Gasteiger partial charge in [0.2, 0.25) is 11.9 Å². The first-order valence-electron chi connectivity index (χ1n) is 12.4. The van der Waals surface area contributed by atoms with E-state index in [4.69, 9.17) is 35.1 Å². The summed E-state index contributed by atoms with van der Waals surface area (Å²) in [4.78, 5) is 54.6. The number of nitrogens with zero attached hydrogens (tertiary/aromatic N) is 6. The van der Waals surface area contributed by atoms with Crippen molar-refractivity contribution < 1.29 is 38.2 Å². The molecule has 6 atom stereocenters. The van der Waals surface area contributed by atoms with Crippen LogP contribution in [0.15, 0.2) is 22.2 Å². The van der Waals surface area contributed by atoms with Crippen molar-refractivity contribution in [3.8, 4) is 0 Å². The number of nitrogens with two attached hydrogens (primary N) is 2. The van der Waals surface area contributed by atoms with Crippen LogP contribution in [-0.2, 0) is 23.1 Å². The van der Waals surface area contributed by atoms with Crippen LogP contribution in [0.2, 0.25) is 0 Å². The van der Waals surface area contributed by atoms with Gasteiger partial charge in [-0.25, -0.2) is 9.97 Å². The number of nitrogens with one attached hydrogen (secondary N) is 2. The SMILES string of the molecule is Nc1nc2c(ncn2C(O)CCOPCO[C@H]2CC(COP(=O)(O)CO)OC2n2cnc3c(=O)[nH]c(N)nc32)c(=O)[nH]1. The van der Waals surface area contributed by atoms with E-state index in [2.05, 4.69) is 29.9 Å². The van der Waals surface area contributed by atoms with Crippen molar-refractivity contribution in [2.24, 2.45) is 0 Å². The predicted octanol–water partition coefficient (Wildman–Crippen LogP) is -1.31. The van der Waals surface area contributed by atoms with Gasteiger partial charge in [-0.05, 0) is 0 Å². The summed E-state index contributed by atoms with van der Waals surface area (Å²) >= 11 is 0. The molecule has 1 fully saturated rings. The van der Waals surface area contributed by atoms with E-state index in [1.54, 1.807) is 0 Å². The van der Waals surface area contributed by atoms with Crippen LogP contribution in [0.3, 0.4) is 0 Å². The molecule has 5 unspecified atom stereocenters. The maximum absolute atomic E-state index is 12.2. The van der Waals surface area contributed by atoms with Crippen LogP contribution in [-0.4, -0.2) is 92.3 Å². The van der Waals surface area contributed by atoms with Gasteiger partial charge in [-0.1, -0.05) is 0 Å². The van der Waals surface area contributed by atoms with Gasteiger partial charge in [0.1, 0.15) is 18.7 Å². The lowest BCUT2D eigenvalue weighted by atomic mass is 10.2. The first-order chi connectivity index (χ1) is 20.1. The second-order valence-electron chi connectivity index (χ2n) is 9.12. The molecule has 0 amide bonds. The number of hydrogen-bond donors (Lipinski definition) is 7. The third-order valence-electron chi connectivity index (χ3n) is 6.22. The summed E-state index contributed by atoms with van der Waals surface area (Å²) in [6.07, 6.45) is -1.21. The Morgan fingerprint density at radius 1 is 1.14 bits per heavy atom. The second kappa shape index (κ2) is 12.5. The number of rotatable bonds is 13. The average Bonchev–Trinajstić information content (AvgIpc) is 3.66. The van der Waals surface area contributed by atoms with Gasteiger partial charge in [0.25, 0.3) is 11.1 Å². The van der Waals surface area contributed by atoms with E-state index >= 15 is 0 Å². The Hall–Kier alpha value is -3.32. The van der Waals surface area contributed by atoms with Gasteiger partial charge < -0.3 is 45.1 Å². The highest BCUT2D eigenvalue weighted by molar-refractivity contribution is 7.52. The molecular formula is C20H28N10O10P2. The van der Waals surface area contributed by atoms with E-state index in [1.807, 2.05) is 0 Å². The van der Waals surface area contributed by atoms with Crippen LogP contribution in [0.4, 0.5) is 11.9 Å². The molecule has 1 aliphatic heterocycles. The molecular weight excluding hydrogens is 602 g/mol. The summed E-state index contributed by atoms with van der Waals surface area (Å²) in [7, 11) is -4.34.